The summed E-state index contributed by atoms with van der Waals surface area (Å²) in [4.78, 5) is 27.7. The molecule has 0 aliphatic carbocycles. The van der Waals surface area contributed by atoms with Crippen LogP contribution in [0, 0.1) is 6.92 Å². The molecule has 0 bridgehead atoms. The maximum absolute atomic E-state index is 12.3. The lowest BCUT2D eigenvalue weighted by Gasteiger charge is -2.23. The van der Waals surface area contributed by atoms with E-state index >= 15 is 0 Å². The first-order chi connectivity index (χ1) is 16.1. The van der Waals surface area contributed by atoms with Crippen molar-refractivity contribution in [3.8, 4) is 11.4 Å². The number of carbonyl (C=O) groups excluding carboxylic acids is 1. The predicted octanol–water partition coefficient (Wildman–Crippen LogP) is 3.43. The van der Waals surface area contributed by atoms with E-state index in [0.29, 0.717) is 35.6 Å². The maximum atomic E-state index is 12.3. The van der Waals surface area contributed by atoms with Crippen molar-refractivity contribution in [3.63, 3.8) is 0 Å². The van der Waals surface area contributed by atoms with E-state index in [1.54, 1.807) is 6.20 Å². The van der Waals surface area contributed by atoms with Crippen molar-refractivity contribution in [1.82, 2.24) is 30.3 Å². The molecule has 1 atom stereocenters. The minimum atomic E-state index is -0.548. The number of aromatic nitrogens is 6. The van der Waals surface area contributed by atoms with Gasteiger partial charge in [0.15, 0.2) is 17.3 Å². The van der Waals surface area contributed by atoms with Crippen LogP contribution in [0.3, 0.4) is 0 Å². The minimum absolute atomic E-state index is 0.122. The molecule has 4 aromatic heterocycles. The molecule has 1 aliphatic rings. The molecular weight excluding hydrogens is 424 g/mol. The van der Waals surface area contributed by atoms with Gasteiger partial charge in [-0.15, -0.1) is 0 Å². The molecule has 1 aliphatic heterocycles. The zero-order valence-corrected chi connectivity index (χ0v) is 18.1. The Morgan fingerprint density at radius 1 is 1.21 bits per heavy atom. The molecule has 0 amide bonds. The molecule has 0 radical (unpaired) electrons. The van der Waals surface area contributed by atoms with Crippen LogP contribution in [0.4, 0.5) is 17.6 Å². The lowest BCUT2D eigenvalue weighted by atomic mass is 10.1. The molecule has 11 heteroatoms. The van der Waals surface area contributed by atoms with Gasteiger partial charge in [-0.1, -0.05) is 11.2 Å². The number of anilines is 3. The molecule has 4 aromatic rings. The van der Waals surface area contributed by atoms with Crippen molar-refractivity contribution >= 4 is 23.6 Å². The lowest BCUT2D eigenvalue weighted by molar-refractivity contribution is 0.0594. The Morgan fingerprint density at radius 2 is 2.12 bits per heavy atom. The van der Waals surface area contributed by atoms with Crippen LogP contribution in [-0.4, -0.2) is 49.9 Å². The highest BCUT2D eigenvalue weighted by Gasteiger charge is 2.32. The number of aryl methyl sites for hydroxylation is 1. The average Bonchev–Trinajstić information content (AvgIpc) is 3.59. The second-order valence-electron chi connectivity index (χ2n) is 7.67. The smallest absolute Gasteiger partial charge is 0.356 e. The highest BCUT2D eigenvalue weighted by Crippen LogP contribution is 2.36. The van der Waals surface area contributed by atoms with Crippen molar-refractivity contribution in [2.75, 3.05) is 23.9 Å². The Hall–Kier alpha value is -4.28. The van der Waals surface area contributed by atoms with E-state index in [-0.39, 0.29) is 11.7 Å². The Morgan fingerprint density at radius 3 is 2.88 bits per heavy atom. The largest absolute Gasteiger partial charge is 0.464 e. The molecule has 0 aromatic carbocycles. The number of nitrogens with one attached hydrogen (secondary N) is 2. The number of methoxy groups -OCH3 is 1. The van der Waals surface area contributed by atoms with Crippen LogP contribution in [0.2, 0.25) is 0 Å². The monoisotopic (exact) mass is 446 g/mol. The lowest BCUT2D eigenvalue weighted by Crippen LogP contribution is -2.25. The first kappa shape index (κ1) is 20.6. The first-order valence-corrected chi connectivity index (χ1v) is 10.5. The van der Waals surface area contributed by atoms with Gasteiger partial charge in [0.1, 0.15) is 11.5 Å². The van der Waals surface area contributed by atoms with Gasteiger partial charge >= 0.3 is 5.97 Å². The number of esters is 1. The molecule has 1 fully saturated rings. The molecule has 11 nitrogen and oxygen atoms in total. The standard InChI is InChI=1S/C22H22N8O3/c1-13-10-20(28-27-13)25-19-12-16(21(31)32-2)24-22(26-19)30-9-5-7-17(30)18-11-15(29-33-18)14-6-3-4-8-23-14/h3-4,6,8,10-12,17H,5,7,9H2,1-2H3,(H2,24,25,26,27,28)/t17-/m0/s1. The van der Waals surface area contributed by atoms with E-state index in [9.17, 15) is 4.79 Å². The van der Waals surface area contributed by atoms with Gasteiger partial charge < -0.3 is 19.5 Å². The molecule has 0 unspecified atom stereocenters. The number of carbonyl (C=O) groups is 1. The van der Waals surface area contributed by atoms with Gasteiger partial charge in [-0.3, -0.25) is 10.1 Å². The molecule has 5 heterocycles. The van der Waals surface area contributed by atoms with Crippen LogP contribution in [-0.2, 0) is 4.74 Å². The van der Waals surface area contributed by atoms with Gasteiger partial charge in [-0.05, 0) is 31.9 Å². The Kier molecular flexibility index (Phi) is 5.43. The molecule has 168 valence electrons. The van der Waals surface area contributed by atoms with E-state index in [0.717, 1.165) is 24.2 Å². The molecule has 5 rings (SSSR count). The number of ether oxygens (including phenoxy) is 1. The number of H-pyrrole nitrogens is 1. The fourth-order valence-electron chi connectivity index (χ4n) is 3.83. The van der Waals surface area contributed by atoms with Crippen LogP contribution >= 0.6 is 0 Å². The van der Waals surface area contributed by atoms with E-state index in [2.05, 4.69) is 35.6 Å². The summed E-state index contributed by atoms with van der Waals surface area (Å²) in [6.45, 7) is 2.60. The summed E-state index contributed by atoms with van der Waals surface area (Å²) in [7, 11) is 1.32. The summed E-state index contributed by atoms with van der Waals surface area (Å²) in [6.07, 6.45) is 3.47. The van der Waals surface area contributed by atoms with Crippen molar-refractivity contribution in [1.29, 1.82) is 0 Å². The molecule has 2 N–H and O–H groups in total. The third-order valence-corrected chi connectivity index (χ3v) is 5.36. The van der Waals surface area contributed by atoms with Gasteiger partial charge in [-0.25, -0.2) is 9.78 Å². The number of hydrogen-bond acceptors (Lipinski definition) is 10. The zero-order chi connectivity index (χ0) is 22.8. The highest BCUT2D eigenvalue weighted by atomic mass is 16.5. The van der Waals surface area contributed by atoms with Crippen LogP contribution in [0.5, 0.6) is 0 Å². The summed E-state index contributed by atoms with van der Waals surface area (Å²) >= 11 is 0. The topological polar surface area (TPSA) is 135 Å². The fraction of sp³-hybridized carbons (Fsp3) is 0.273. The maximum Gasteiger partial charge on any atom is 0.356 e. The SMILES string of the molecule is COC(=O)c1cc(Nc2cc(C)[nH]n2)nc(N2CCC[C@H]2c2cc(-c3ccccn3)no2)n1. The number of nitrogens with zero attached hydrogens (tertiary/aromatic N) is 6. The van der Waals surface area contributed by atoms with Crippen molar-refractivity contribution in [3.05, 3.63) is 59.7 Å². The molecular formula is C22H22N8O3. The van der Waals surface area contributed by atoms with E-state index < -0.39 is 5.97 Å². The van der Waals surface area contributed by atoms with Gasteiger partial charge in [0.05, 0.1) is 18.8 Å². The normalized spacial score (nSPS) is 15.6. The molecule has 0 spiro atoms. The molecule has 33 heavy (non-hydrogen) atoms. The number of rotatable bonds is 6. The Bertz CT molecular complexity index is 1270. The third kappa shape index (κ3) is 4.25. The van der Waals surface area contributed by atoms with Gasteiger partial charge in [0.2, 0.25) is 5.95 Å². The van der Waals surface area contributed by atoms with Gasteiger partial charge in [0.25, 0.3) is 0 Å². The first-order valence-electron chi connectivity index (χ1n) is 10.5. The molecule has 1 saturated heterocycles. The second-order valence-corrected chi connectivity index (χ2v) is 7.67. The number of pyridine rings is 1. The fourth-order valence-corrected chi connectivity index (χ4v) is 3.83. The van der Waals surface area contributed by atoms with Crippen molar-refractivity contribution in [2.24, 2.45) is 0 Å². The quantitative estimate of drug-likeness (QED) is 0.424. The van der Waals surface area contributed by atoms with E-state index in [1.807, 2.05) is 42.2 Å². The summed E-state index contributed by atoms with van der Waals surface area (Å²) in [6, 6.07) is 10.8. The Labute approximate surface area is 189 Å². The summed E-state index contributed by atoms with van der Waals surface area (Å²) in [5, 5.41) is 14.3. The minimum Gasteiger partial charge on any atom is -0.464 e. The number of hydrogen-bond donors (Lipinski definition) is 2. The predicted molar refractivity (Wildman–Crippen MR) is 119 cm³/mol. The van der Waals surface area contributed by atoms with E-state index in [1.165, 1.54) is 13.2 Å². The Balaban J connectivity index is 1.47. The van der Waals surface area contributed by atoms with Crippen molar-refractivity contribution < 1.29 is 14.1 Å². The van der Waals surface area contributed by atoms with Gasteiger partial charge in [0, 0.05) is 36.6 Å². The van der Waals surface area contributed by atoms with Gasteiger partial charge in [-0.2, -0.15) is 10.1 Å². The van der Waals surface area contributed by atoms with Crippen LogP contribution < -0.4 is 10.2 Å². The average molecular weight is 446 g/mol. The third-order valence-electron chi connectivity index (χ3n) is 5.36. The number of aromatic amines is 1. The van der Waals surface area contributed by atoms with Crippen LogP contribution in [0.25, 0.3) is 11.4 Å². The highest BCUT2D eigenvalue weighted by molar-refractivity contribution is 5.88. The molecule has 0 saturated carbocycles. The summed E-state index contributed by atoms with van der Waals surface area (Å²) in [5.41, 5.74) is 2.45. The second kappa shape index (κ2) is 8.69. The summed E-state index contributed by atoms with van der Waals surface area (Å²) < 4.78 is 10.6. The van der Waals surface area contributed by atoms with E-state index in [4.69, 9.17) is 9.26 Å². The van der Waals surface area contributed by atoms with Crippen LogP contribution in [0.15, 0.2) is 47.1 Å². The van der Waals surface area contributed by atoms with Crippen LogP contribution in [0.1, 0.15) is 40.8 Å². The zero-order valence-electron chi connectivity index (χ0n) is 18.1. The van der Waals surface area contributed by atoms with Crippen molar-refractivity contribution in [2.45, 2.75) is 25.8 Å². The summed E-state index contributed by atoms with van der Waals surface area (Å²) in [5.74, 6) is 1.56.